The molecule has 1 saturated heterocycles. The van der Waals surface area contributed by atoms with Crippen LogP contribution in [-0.2, 0) is 4.79 Å². The molecule has 0 saturated carbocycles. The van der Waals surface area contributed by atoms with E-state index in [0.717, 1.165) is 25.9 Å². The number of carbonyl (C=O) groups is 1. The highest BCUT2D eigenvalue weighted by atomic mass is 16.4. The molecular weight excluding hydrogens is 218 g/mol. The van der Waals surface area contributed by atoms with Gasteiger partial charge in [0.05, 0.1) is 12.5 Å². The number of hydrogen-bond acceptors (Lipinski definition) is 3. The number of hydrogen-bond donors (Lipinski definition) is 1. The lowest BCUT2D eigenvalue weighted by Crippen LogP contribution is -2.24. The van der Waals surface area contributed by atoms with Crippen LogP contribution in [0.25, 0.3) is 0 Å². The van der Waals surface area contributed by atoms with Crippen LogP contribution < -0.4 is 0 Å². The van der Waals surface area contributed by atoms with Crippen molar-refractivity contribution in [1.29, 1.82) is 0 Å². The molecule has 2 atom stereocenters. The van der Waals surface area contributed by atoms with E-state index in [-0.39, 0.29) is 0 Å². The molecule has 1 aromatic rings. The van der Waals surface area contributed by atoms with Crippen LogP contribution in [0, 0.1) is 5.92 Å². The number of aliphatic carboxylic acids is 1. The lowest BCUT2D eigenvalue weighted by atomic mass is 10.0. The standard InChI is InChI=1S/C13H19NO3/c1-10(12-5-7-17-9-12)14-6-4-11(8-14)2-3-13(15)16/h5,7,9-11H,2-4,6,8H2,1H3,(H,15,16). The predicted molar refractivity (Wildman–Crippen MR) is 63.7 cm³/mol. The molecule has 0 aromatic carbocycles. The van der Waals surface area contributed by atoms with E-state index in [4.69, 9.17) is 9.52 Å². The monoisotopic (exact) mass is 237 g/mol. The molecule has 0 amide bonds. The zero-order chi connectivity index (χ0) is 12.3. The Morgan fingerprint density at radius 2 is 2.53 bits per heavy atom. The molecule has 17 heavy (non-hydrogen) atoms. The van der Waals surface area contributed by atoms with Crippen LogP contribution in [-0.4, -0.2) is 29.1 Å². The smallest absolute Gasteiger partial charge is 0.303 e. The van der Waals surface area contributed by atoms with Crippen LogP contribution in [0.5, 0.6) is 0 Å². The van der Waals surface area contributed by atoms with Gasteiger partial charge in [-0.1, -0.05) is 0 Å². The molecule has 2 rings (SSSR count). The van der Waals surface area contributed by atoms with Gasteiger partial charge in [-0.2, -0.15) is 0 Å². The van der Waals surface area contributed by atoms with Crippen molar-refractivity contribution in [3.63, 3.8) is 0 Å². The summed E-state index contributed by atoms with van der Waals surface area (Å²) < 4.78 is 5.10. The average molecular weight is 237 g/mol. The fourth-order valence-corrected chi connectivity index (χ4v) is 2.50. The Kier molecular flexibility index (Phi) is 3.84. The van der Waals surface area contributed by atoms with Gasteiger partial charge in [-0.3, -0.25) is 9.69 Å². The molecule has 4 heteroatoms. The van der Waals surface area contributed by atoms with Crippen molar-refractivity contribution in [3.8, 4) is 0 Å². The molecule has 94 valence electrons. The van der Waals surface area contributed by atoms with Crippen molar-refractivity contribution in [3.05, 3.63) is 24.2 Å². The van der Waals surface area contributed by atoms with Crippen LogP contribution in [0.4, 0.5) is 0 Å². The minimum Gasteiger partial charge on any atom is -0.481 e. The summed E-state index contributed by atoms with van der Waals surface area (Å²) in [5, 5.41) is 8.67. The summed E-state index contributed by atoms with van der Waals surface area (Å²) in [6, 6.07) is 2.36. The summed E-state index contributed by atoms with van der Waals surface area (Å²) in [6.07, 6.45) is 5.68. The van der Waals surface area contributed by atoms with Gasteiger partial charge in [0.15, 0.2) is 0 Å². The Bertz CT molecular complexity index is 361. The minimum absolute atomic E-state index is 0.290. The second-order valence-corrected chi connectivity index (χ2v) is 4.81. The lowest BCUT2D eigenvalue weighted by Gasteiger charge is -2.23. The summed E-state index contributed by atoms with van der Waals surface area (Å²) in [6.45, 7) is 4.22. The maximum atomic E-state index is 10.5. The first-order valence-electron chi connectivity index (χ1n) is 6.14. The molecule has 4 nitrogen and oxygen atoms in total. The summed E-state index contributed by atoms with van der Waals surface area (Å²) in [4.78, 5) is 12.9. The summed E-state index contributed by atoms with van der Waals surface area (Å²) in [5.74, 6) is -0.160. The molecule has 2 unspecified atom stereocenters. The maximum Gasteiger partial charge on any atom is 0.303 e. The Balaban J connectivity index is 1.83. The van der Waals surface area contributed by atoms with E-state index in [1.807, 2.05) is 6.07 Å². The number of carboxylic acids is 1. The van der Waals surface area contributed by atoms with Gasteiger partial charge in [-0.05, 0) is 38.3 Å². The first-order chi connectivity index (χ1) is 8.16. The summed E-state index contributed by atoms with van der Waals surface area (Å²) in [7, 11) is 0. The van der Waals surface area contributed by atoms with Crippen LogP contribution in [0.2, 0.25) is 0 Å². The van der Waals surface area contributed by atoms with Crippen molar-refractivity contribution >= 4 is 5.97 Å². The fourth-order valence-electron chi connectivity index (χ4n) is 2.50. The van der Waals surface area contributed by atoms with Gasteiger partial charge in [-0.25, -0.2) is 0 Å². The number of rotatable bonds is 5. The lowest BCUT2D eigenvalue weighted by molar-refractivity contribution is -0.137. The first-order valence-corrected chi connectivity index (χ1v) is 6.14. The van der Waals surface area contributed by atoms with Gasteiger partial charge in [0.25, 0.3) is 0 Å². The van der Waals surface area contributed by atoms with Gasteiger partial charge >= 0.3 is 5.97 Å². The molecule has 1 fully saturated rings. The quantitative estimate of drug-likeness (QED) is 0.855. The normalized spacial score (nSPS) is 22.8. The molecule has 1 aliphatic heterocycles. The molecular formula is C13H19NO3. The van der Waals surface area contributed by atoms with Crippen LogP contribution in [0.3, 0.4) is 0 Å². The summed E-state index contributed by atoms with van der Waals surface area (Å²) in [5.41, 5.74) is 1.20. The zero-order valence-corrected chi connectivity index (χ0v) is 10.1. The molecule has 1 aliphatic rings. The van der Waals surface area contributed by atoms with Gasteiger partial charge < -0.3 is 9.52 Å². The number of carboxylic acid groups (broad SMARTS) is 1. The number of likely N-dealkylation sites (tertiary alicyclic amines) is 1. The maximum absolute atomic E-state index is 10.5. The van der Waals surface area contributed by atoms with Gasteiger partial charge in [-0.15, -0.1) is 0 Å². The van der Waals surface area contributed by atoms with Crippen molar-refractivity contribution in [2.75, 3.05) is 13.1 Å². The molecule has 0 radical (unpaired) electrons. The minimum atomic E-state index is -0.689. The van der Waals surface area contributed by atoms with Crippen molar-refractivity contribution in [2.45, 2.75) is 32.2 Å². The molecule has 2 heterocycles. The molecule has 0 spiro atoms. The molecule has 0 aliphatic carbocycles. The molecule has 0 bridgehead atoms. The second kappa shape index (κ2) is 5.36. The topological polar surface area (TPSA) is 53.7 Å². The van der Waals surface area contributed by atoms with Gasteiger partial charge in [0.1, 0.15) is 0 Å². The number of nitrogens with zero attached hydrogens (tertiary/aromatic N) is 1. The Morgan fingerprint density at radius 3 is 3.18 bits per heavy atom. The Morgan fingerprint density at radius 1 is 1.71 bits per heavy atom. The Hall–Kier alpha value is -1.29. The van der Waals surface area contributed by atoms with Crippen molar-refractivity contribution < 1.29 is 14.3 Å². The summed E-state index contributed by atoms with van der Waals surface area (Å²) >= 11 is 0. The van der Waals surface area contributed by atoms with E-state index < -0.39 is 5.97 Å². The van der Waals surface area contributed by atoms with Crippen LogP contribution in [0.15, 0.2) is 23.0 Å². The van der Waals surface area contributed by atoms with Gasteiger partial charge in [0.2, 0.25) is 0 Å². The second-order valence-electron chi connectivity index (χ2n) is 4.81. The molecule has 1 aromatic heterocycles. The van der Waals surface area contributed by atoms with E-state index in [9.17, 15) is 4.79 Å². The third-order valence-electron chi connectivity index (χ3n) is 3.66. The van der Waals surface area contributed by atoms with E-state index in [1.165, 1.54) is 5.56 Å². The number of furan rings is 1. The fraction of sp³-hybridized carbons (Fsp3) is 0.615. The van der Waals surface area contributed by atoms with Gasteiger partial charge in [0, 0.05) is 24.6 Å². The third kappa shape index (κ3) is 3.09. The molecule has 1 N–H and O–H groups in total. The van der Waals surface area contributed by atoms with E-state index in [0.29, 0.717) is 18.4 Å². The van der Waals surface area contributed by atoms with Crippen molar-refractivity contribution in [2.24, 2.45) is 5.92 Å². The SMILES string of the molecule is CC(c1ccoc1)N1CCC(CCC(=O)O)C1. The zero-order valence-electron chi connectivity index (χ0n) is 10.1. The van der Waals surface area contributed by atoms with Crippen LogP contribution in [0.1, 0.15) is 37.8 Å². The third-order valence-corrected chi connectivity index (χ3v) is 3.66. The van der Waals surface area contributed by atoms with E-state index in [1.54, 1.807) is 12.5 Å². The average Bonchev–Trinajstić information content (AvgIpc) is 2.97. The predicted octanol–water partition coefficient (Wildman–Crippen LogP) is 2.53. The highest BCUT2D eigenvalue weighted by Crippen LogP contribution is 2.29. The Labute approximate surface area is 101 Å². The van der Waals surface area contributed by atoms with Crippen LogP contribution >= 0.6 is 0 Å². The highest BCUT2D eigenvalue weighted by molar-refractivity contribution is 5.66. The van der Waals surface area contributed by atoms with E-state index >= 15 is 0 Å². The van der Waals surface area contributed by atoms with E-state index in [2.05, 4.69) is 11.8 Å². The van der Waals surface area contributed by atoms with Crippen molar-refractivity contribution in [1.82, 2.24) is 4.90 Å². The first kappa shape index (κ1) is 12.2. The highest BCUT2D eigenvalue weighted by Gasteiger charge is 2.27. The largest absolute Gasteiger partial charge is 0.481 e.